The van der Waals surface area contributed by atoms with Crippen LogP contribution in [0.25, 0.3) is 0 Å². The second-order valence-electron chi connectivity index (χ2n) is 21.0. The summed E-state index contributed by atoms with van der Waals surface area (Å²) in [5.41, 5.74) is 1.07. The van der Waals surface area contributed by atoms with Gasteiger partial charge in [-0.15, -0.1) is 0 Å². The number of rotatable bonds is 18. The molecule has 2 saturated heterocycles. The topological polar surface area (TPSA) is 214 Å². The fraction of sp³-hybridized carbons (Fsp3) is 0.680. The highest BCUT2D eigenvalue weighted by atomic mass is 32.2. The van der Waals surface area contributed by atoms with Gasteiger partial charge in [0.1, 0.15) is 33.9 Å². The number of sulfone groups is 2. The maximum atomic E-state index is 12.9. The van der Waals surface area contributed by atoms with Crippen molar-refractivity contribution in [3.63, 3.8) is 0 Å². The number of fused-ring (bicyclic) bond motifs is 2. The highest BCUT2D eigenvalue weighted by Crippen LogP contribution is 2.41. The van der Waals surface area contributed by atoms with E-state index in [4.69, 9.17) is 28.4 Å². The van der Waals surface area contributed by atoms with Gasteiger partial charge in [0.15, 0.2) is 25.5 Å². The molecule has 4 aliphatic heterocycles. The Morgan fingerprint density at radius 1 is 0.652 bits per heavy atom. The van der Waals surface area contributed by atoms with Gasteiger partial charge in [-0.05, 0) is 89.8 Å². The van der Waals surface area contributed by atoms with Crippen molar-refractivity contribution in [2.24, 2.45) is 5.16 Å². The minimum atomic E-state index is -3.17. The van der Waals surface area contributed by atoms with Gasteiger partial charge in [-0.3, -0.25) is 14.4 Å². The SMILES string of the molecule is CC(C)(C)OC(=O)CCCOCCN1CCC2(CC1)C/C(=N/O)c1cc(CS(C)(=O)=O)ccc1O2.CC(C)(C)OC(=O)CCCOCCN1CCC2(CC1)CC(=O)c1cc(CS(C)(=O)=O)ccc1O2. The van der Waals surface area contributed by atoms with Crippen molar-refractivity contribution in [3.8, 4) is 11.5 Å². The van der Waals surface area contributed by atoms with Crippen LogP contribution in [-0.2, 0) is 59.7 Å². The number of carbonyl (C=O) groups excluding carboxylic acids is 3. The third-order valence-corrected chi connectivity index (χ3v) is 13.8. The first-order valence-electron chi connectivity index (χ1n) is 24.0. The maximum Gasteiger partial charge on any atom is 0.306 e. The molecular weight excluding hydrogens is 931 g/mol. The van der Waals surface area contributed by atoms with Crippen LogP contribution in [0, 0.1) is 0 Å². The molecule has 0 aromatic heterocycles. The summed E-state index contributed by atoms with van der Waals surface area (Å²) in [6.07, 6.45) is 8.24. The van der Waals surface area contributed by atoms with Crippen LogP contribution in [0.1, 0.15) is 133 Å². The molecule has 0 aliphatic carbocycles. The summed E-state index contributed by atoms with van der Waals surface area (Å²) in [6, 6.07) is 10.4. The molecule has 0 radical (unpaired) electrons. The third-order valence-electron chi connectivity index (χ3n) is 12.1. The smallest absolute Gasteiger partial charge is 0.306 e. The molecule has 0 atom stereocenters. The minimum Gasteiger partial charge on any atom is -0.486 e. The number of Topliss-reactive ketones (excluding diaryl/α,β-unsaturated/α-hetero) is 1. The van der Waals surface area contributed by atoms with Crippen molar-refractivity contribution in [1.29, 1.82) is 0 Å². The lowest BCUT2D eigenvalue weighted by molar-refractivity contribution is -0.156. The number of esters is 2. The number of hydrogen-bond donors (Lipinski definition) is 1. The number of carbonyl (C=O) groups is 3. The van der Waals surface area contributed by atoms with Crippen LogP contribution < -0.4 is 9.47 Å². The predicted octanol–water partition coefficient (Wildman–Crippen LogP) is 6.33. The van der Waals surface area contributed by atoms with E-state index in [-0.39, 0.29) is 29.2 Å². The van der Waals surface area contributed by atoms with Gasteiger partial charge in [0.25, 0.3) is 0 Å². The summed E-state index contributed by atoms with van der Waals surface area (Å²) >= 11 is 0. The second-order valence-corrected chi connectivity index (χ2v) is 25.3. The van der Waals surface area contributed by atoms with Crippen LogP contribution in [0.4, 0.5) is 0 Å². The molecular formula is C50H75N3O14S2. The molecule has 1 N–H and O–H groups in total. The van der Waals surface area contributed by atoms with Gasteiger partial charge in [-0.1, -0.05) is 17.3 Å². The molecule has 0 unspecified atom stereocenters. The molecule has 19 heteroatoms. The van der Waals surface area contributed by atoms with Crippen LogP contribution in [0.15, 0.2) is 41.6 Å². The molecule has 2 spiro atoms. The average Bonchev–Trinajstić information content (AvgIpc) is 3.23. The maximum absolute atomic E-state index is 12.9. The van der Waals surface area contributed by atoms with Gasteiger partial charge in [0.05, 0.1) is 42.4 Å². The largest absolute Gasteiger partial charge is 0.486 e. The summed E-state index contributed by atoms with van der Waals surface area (Å²) in [7, 11) is -6.33. The van der Waals surface area contributed by atoms with Gasteiger partial charge in [0.2, 0.25) is 0 Å². The van der Waals surface area contributed by atoms with Crippen molar-refractivity contribution in [3.05, 3.63) is 58.7 Å². The highest BCUT2D eigenvalue weighted by Gasteiger charge is 2.44. The monoisotopic (exact) mass is 1010 g/mol. The van der Waals surface area contributed by atoms with Gasteiger partial charge in [-0.25, -0.2) is 16.8 Å². The number of nitrogens with zero attached hydrogens (tertiary/aromatic N) is 3. The van der Waals surface area contributed by atoms with Gasteiger partial charge >= 0.3 is 11.9 Å². The molecule has 0 amide bonds. The zero-order valence-corrected chi connectivity index (χ0v) is 43.6. The number of piperidine rings is 2. The third kappa shape index (κ3) is 18.8. The van der Waals surface area contributed by atoms with Crippen molar-refractivity contribution in [2.75, 3.05) is 78.2 Å². The minimum absolute atomic E-state index is 0.0124. The molecule has 4 heterocycles. The number of hydrogen-bond acceptors (Lipinski definition) is 17. The summed E-state index contributed by atoms with van der Waals surface area (Å²) in [4.78, 5) is 40.9. The molecule has 2 fully saturated rings. The molecule has 386 valence electrons. The summed E-state index contributed by atoms with van der Waals surface area (Å²) in [5, 5.41) is 13.2. The summed E-state index contributed by atoms with van der Waals surface area (Å²) < 4.78 is 81.1. The summed E-state index contributed by atoms with van der Waals surface area (Å²) in [5.74, 6) is 0.636. The number of likely N-dealkylation sites (tertiary alicyclic amines) is 2. The lowest BCUT2D eigenvalue weighted by Gasteiger charge is -2.44. The van der Waals surface area contributed by atoms with E-state index in [1.807, 2.05) is 41.5 Å². The van der Waals surface area contributed by atoms with Crippen LogP contribution >= 0.6 is 0 Å². The molecule has 17 nitrogen and oxygen atoms in total. The fourth-order valence-corrected chi connectivity index (χ4v) is 10.5. The molecule has 2 aromatic rings. The number of benzene rings is 2. The van der Waals surface area contributed by atoms with E-state index >= 15 is 0 Å². The lowest BCUT2D eigenvalue weighted by atomic mass is 9.82. The van der Waals surface area contributed by atoms with Crippen LogP contribution in [0.2, 0.25) is 0 Å². The Morgan fingerprint density at radius 3 is 1.46 bits per heavy atom. The molecule has 2 aromatic carbocycles. The molecule has 4 aliphatic rings. The average molecular weight is 1010 g/mol. The first-order valence-corrected chi connectivity index (χ1v) is 28.1. The van der Waals surface area contributed by atoms with Crippen molar-refractivity contribution in [1.82, 2.24) is 9.80 Å². The van der Waals surface area contributed by atoms with E-state index in [2.05, 4.69) is 15.0 Å². The summed E-state index contributed by atoms with van der Waals surface area (Å²) in [6.45, 7) is 18.3. The van der Waals surface area contributed by atoms with E-state index in [0.717, 1.165) is 65.0 Å². The molecule has 0 saturated carbocycles. The zero-order chi connectivity index (χ0) is 50.7. The standard InChI is InChI=1S/C25H38N2O7S.C25H37NO7S/c1-24(2,3)34-23(28)6-5-14-32-15-13-27-11-9-25(10-12-27)17-21(26-29)20-16-19(18-35(4,30)31)7-8-22(20)33-25;1-24(2,3)33-23(28)6-5-14-31-15-13-26-11-9-25(10-12-26)17-21(27)20-16-19(18-34(4,29)30)7-8-22(20)32-25/h7-8,16,29H,5-6,9-15,17-18H2,1-4H3;7-8,16H,5-6,9-15,17-18H2,1-4H3/b26-21-;. The first-order chi connectivity index (χ1) is 32.2. The van der Waals surface area contributed by atoms with E-state index < -0.39 is 42.1 Å². The van der Waals surface area contributed by atoms with Gasteiger partial charge in [0, 0.05) is 116 Å². The number of oxime groups is 1. The Kier molecular flexibility index (Phi) is 19.3. The van der Waals surface area contributed by atoms with E-state index in [9.17, 15) is 36.4 Å². The van der Waals surface area contributed by atoms with Crippen LogP contribution in [-0.4, -0.2) is 156 Å². The number of ether oxygens (including phenoxy) is 6. The first kappa shape index (κ1) is 55.8. The Morgan fingerprint density at radius 2 is 1.06 bits per heavy atom. The zero-order valence-electron chi connectivity index (χ0n) is 41.9. The van der Waals surface area contributed by atoms with E-state index in [1.165, 1.54) is 12.5 Å². The van der Waals surface area contributed by atoms with Crippen LogP contribution in [0.3, 0.4) is 0 Å². The predicted molar refractivity (Wildman–Crippen MR) is 262 cm³/mol. The highest BCUT2D eigenvalue weighted by molar-refractivity contribution is 7.90. The second kappa shape index (κ2) is 23.8. The Labute approximate surface area is 409 Å². The van der Waals surface area contributed by atoms with Crippen LogP contribution in [0.5, 0.6) is 11.5 Å². The van der Waals surface area contributed by atoms with Gasteiger partial charge < -0.3 is 43.4 Å². The quantitative estimate of drug-likeness (QED) is 0.0747. The van der Waals surface area contributed by atoms with E-state index in [1.54, 1.807) is 36.4 Å². The molecule has 6 rings (SSSR count). The number of ketones is 1. The lowest BCUT2D eigenvalue weighted by Crippen LogP contribution is -2.51. The van der Waals surface area contributed by atoms with Crippen molar-refractivity contribution in [2.45, 2.75) is 140 Å². The Balaban J connectivity index is 0.000000258. The molecule has 69 heavy (non-hydrogen) atoms. The Bertz CT molecular complexity index is 2340. The fourth-order valence-electron chi connectivity index (χ4n) is 8.92. The van der Waals surface area contributed by atoms with Crippen molar-refractivity contribution < 1.29 is 64.8 Å². The normalized spacial score (nSPS) is 18.9. The van der Waals surface area contributed by atoms with Crippen molar-refractivity contribution >= 4 is 43.1 Å². The van der Waals surface area contributed by atoms with Gasteiger partial charge in [-0.2, -0.15) is 0 Å². The van der Waals surface area contributed by atoms with E-state index in [0.29, 0.717) is 104 Å². The molecule has 0 bridgehead atoms. The Hall–Kier alpha value is -4.14.